The van der Waals surface area contributed by atoms with Gasteiger partial charge in [-0.1, -0.05) is 24.3 Å². The number of nitriles is 1. The Bertz CT molecular complexity index is 621. The number of aromatic amines is 1. The van der Waals surface area contributed by atoms with Crippen LogP contribution < -0.4 is 5.73 Å². The largest absolute Gasteiger partial charge is 0.383 e. The number of aryl methyl sites for hydroxylation is 1. The van der Waals surface area contributed by atoms with Gasteiger partial charge < -0.3 is 5.73 Å². The zero-order chi connectivity index (χ0) is 12.5. The second-order valence-electron chi connectivity index (χ2n) is 4.72. The normalized spacial score (nSPS) is 18.1. The molecule has 0 saturated heterocycles. The standard InChI is InChI=1S/C14H14N4/c15-8-12-13(17-18-14(12)16)11-6-5-9-3-1-2-4-10(9)7-11/h1-4,11H,5-7H2,(H3,16,17,18)/t11-/m1/s1. The molecular weight excluding hydrogens is 224 g/mol. The van der Waals surface area contributed by atoms with Gasteiger partial charge in [-0.15, -0.1) is 0 Å². The van der Waals surface area contributed by atoms with Gasteiger partial charge in [-0.3, -0.25) is 5.10 Å². The van der Waals surface area contributed by atoms with Crippen LogP contribution in [0.5, 0.6) is 0 Å². The van der Waals surface area contributed by atoms with E-state index in [-0.39, 0.29) is 0 Å². The van der Waals surface area contributed by atoms with Gasteiger partial charge in [0.25, 0.3) is 0 Å². The van der Waals surface area contributed by atoms with E-state index < -0.39 is 0 Å². The number of aromatic nitrogens is 2. The number of H-pyrrole nitrogens is 1. The number of rotatable bonds is 1. The molecule has 1 aliphatic rings. The van der Waals surface area contributed by atoms with Gasteiger partial charge in [0.1, 0.15) is 17.5 Å². The van der Waals surface area contributed by atoms with Crippen molar-refractivity contribution in [3.05, 3.63) is 46.6 Å². The maximum Gasteiger partial charge on any atom is 0.137 e. The zero-order valence-electron chi connectivity index (χ0n) is 9.98. The Hall–Kier alpha value is -2.28. The van der Waals surface area contributed by atoms with Crippen molar-refractivity contribution in [1.82, 2.24) is 10.2 Å². The Balaban J connectivity index is 1.95. The lowest BCUT2D eigenvalue weighted by atomic mass is 9.81. The van der Waals surface area contributed by atoms with E-state index in [0.717, 1.165) is 25.0 Å². The van der Waals surface area contributed by atoms with E-state index in [0.29, 0.717) is 17.3 Å². The molecule has 0 bridgehead atoms. The lowest BCUT2D eigenvalue weighted by molar-refractivity contribution is 0.568. The molecule has 0 amide bonds. The molecule has 4 heteroatoms. The summed E-state index contributed by atoms with van der Waals surface area (Å²) in [5.74, 6) is 0.675. The summed E-state index contributed by atoms with van der Waals surface area (Å²) in [5.41, 5.74) is 9.82. The molecule has 3 N–H and O–H groups in total. The Kier molecular flexibility index (Phi) is 2.52. The number of nitrogens with one attached hydrogen (secondary N) is 1. The van der Waals surface area contributed by atoms with E-state index in [2.05, 4.69) is 40.5 Å². The van der Waals surface area contributed by atoms with Gasteiger partial charge in [0.15, 0.2) is 0 Å². The minimum absolute atomic E-state index is 0.295. The Labute approximate surface area is 105 Å². The smallest absolute Gasteiger partial charge is 0.137 e. The summed E-state index contributed by atoms with van der Waals surface area (Å²) in [5, 5.41) is 16.0. The second-order valence-corrected chi connectivity index (χ2v) is 4.72. The van der Waals surface area contributed by atoms with Crippen molar-refractivity contribution in [2.24, 2.45) is 0 Å². The molecule has 0 spiro atoms. The van der Waals surface area contributed by atoms with Gasteiger partial charge in [-0.25, -0.2) is 0 Å². The fourth-order valence-electron chi connectivity index (χ4n) is 2.71. The van der Waals surface area contributed by atoms with Crippen molar-refractivity contribution in [2.75, 3.05) is 5.73 Å². The van der Waals surface area contributed by atoms with Crippen molar-refractivity contribution >= 4 is 5.82 Å². The number of nitrogen functional groups attached to an aromatic ring is 1. The summed E-state index contributed by atoms with van der Waals surface area (Å²) in [4.78, 5) is 0. The van der Waals surface area contributed by atoms with Crippen LogP contribution in [0.2, 0.25) is 0 Å². The Morgan fingerprint density at radius 1 is 1.33 bits per heavy atom. The van der Waals surface area contributed by atoms with Crippen LogP contribution in [0.4, 0.5) is 5.82 Å². The van der Waals surface area contributed by atoms with Crippen LogP contribution in [-0.2, 0) is 12.8 Å². The third-order valence-corrected chi connectivity index (χ3v) is 3.67. The first-order valence-corrected chi connectivity index (χ1v) is 6.10. The number of hydrogen-bond acceptors (Lipinski definition) is 3. The Morgan fingerprint density at radius 2 is 2.11 bits per heavy atom. The lowest BCUT2D eigenvalue weighted by Gasteiger charge is -2.23. The predicted octanol–water partition coefficient (Wildman–Crippen LogP) is 2.14. The molecule has 1 aromatic heterocycles. The second kappa shape index (κ2) is 4.19. The Morgan fingerprint density at radius 3 is 2.89 bits per heavy atom. The van der Waals surface area contributed by atoms with E-state index in [1.165, 1.54) is 11.1 Å². The van der Waals surface area contributed by atoms with Crippen LogP contribution in [-0.4, -0.2) is 10.2 Å². The van der Waals surface area contributed by atoms with Crippen molar-refractivity contribution in [2.45, 2.75) is 25.2 Å². The summed E-state index contributed by atoms with van der Waals surface area (Å²) >= 11 is 0. The van der Waals surface area contributed by atoms with Gasteiger partial charge in [0.2, 0.25) is 0 Å². The summed E-state index contributed by atoms with van der Waals surface area (Å²) in [6, 6.07) is 10.6. The van der Waals surface area contributed by atoms with Crippen molar-refractivity contribution in [3.63, 3.8) is 0 Å². The quantitative estimate of drug-likeness (QED) is 0.798. The number of hydrogen-bond donors (Lipinski definition) is 2. The van der Waals surface area contributed by atoms with E-state index in [1.807, 2.05) is 0 Å². The summed E-state index contributed by atoms with van der Waals surface area (Å²) in [7, 11) is 0. The number of anilines is 1. The number of nitrogens with two attached hydrogens (primary N) is 1. The highest BCUT2D eigenvalue weighted by Gasteiger charge is 2.25. The molecule has 0 saturated carbocycles. The third-order valence-electron chi connectivity index (χ3n) is 3.67. The van der Waals surface area contributed by atoms with Gasteiger partial charge in [-0.2, -0.15) is 10.4 Å². The van der Waals surface area contributed by atoms with Crippen molar-refractivity contribution in [3.8, 4) is 6.07 Å². The minimum atomic E-state index is 0.295. The lowest BCUT2D eigenvalue weighted by Crippen LogP contribution is -2.14. The molecule has 0 fully saturated rings. The zero-order valence-corrected chi connectivity index (χ0v) is 9.98. The molecule has 1 heterocycles. The highest BCUT2D eigenvalue weighted by Crippen LogP contribution is 2.34. The molecule has 2 aromatic rings. The molecule has 3 rings (SSSR count). The SMILES string of the molecule is N#Cc1c([C@@H]2CCc3ccccc3C2)n[nH]c1N. The topological polar surface area (TPSA) is 78.5 Å². The molecular formula is C14H14N4. The average molecular weight is 238 g/mol. The number of nitrogens with zero attached hydrogens (tertiary/aromatic N) is 2. The number of benzene rings is 1. The van der Waals surface area contributed by atoms with E-state index >= 15 is 0 Å². The van der Waals surface area contributed by atoms with Crippen LogP contribution in [0.1, 0.15) is 34.7 Å². The molecule has 0 aliphatic heterocycles. The van der Waals surface area contributed by atoms with Crippen molar-refractivity contribution in [1.29, 1.82) is 5.26 Å². The minimum Gasteiger partial charge on any atom is -0.383 e. The van der Waals surface area contributed by atoms with Crippen LogP contribution in [0.3, 0.4) is 0 Å². The molecule has 4 nitrogen and oxygen atoms in total. The maximum atomic E-state index is 9.12. The molecule has 18 heavy (non-hydrogen) atoms. The molecule has 0 radical (unpaired) electrons. The maximum absolute atomic E-state index is 9.12. The molecule has 1 atom stereocenters. The summed E-state index contributed by atoms with van der Waals surface area (Å²) in [6.07, 6.45) is 3.00. The molecule has 1 aliphatic carbocycles. The highest BCUT2D eigenvalue weighted by atomic mass is 15.2. The highest BCUT2D eigenvalue weighted by molar-refractivity contribution is 5.52. The summed E-state index contributed by atoms with van der Waals surface area (Å²) in [6.45, 7) is 0. The predicted molar refractivity (Wildman–Crippen MR) is 68.9 cm³/mol. The van der Waals surface area contributed by atoms with Gasteiger partial charge in [0.05, 0.1) is 5.69 Å². The van der Waals surface area contributed by atoms with E-state index in [9.17, 15) is 0 Å². The fourth-order valence-corrected chi connectivity index (χ4v) is 2.71. The van der Waals surface area contributed by atoms with Crippen LogP contribution in [0, 0.1) is 11.3 Å². The molecule has 90 valence electrons. The molecule has 0 unspecified atom stereocenters. The van der Waals surface area contributed by atoms with Gasteiger partial charge in [-0.05, 0) is 30.4 Å². The third kappa shape index (κ3) is 1.65. The van der Waals surface area contributed by atoms with Crippen molar-refractivity contribution < 1.29 is 0 Å². The first-order chi connectivity index (χ1) is 8.79. The van der Waals surface area contributed by atoms with Crippen LogP contribution >= 0.6 is 0 Å². The van der Waals surface area contributed by atoms with Crippen LogP contribution in [0.15, 0.2) is 24.3 Å². The average Bonchev–Trinajstić information content (AvgIpc) is 2.79. The number of fused-ring (bicyclic) bond motifs is 1. The first kappa shape index (κ1) is 10.8. The fraction of sp³-hybridized carbons (Fsp3) is 0.286. The summed E-state index contributed by atoms with van der Waals surface area (Å²) < 4.78 is 0. The first-order valence-electron chi connectivity index (χ1n) is 6.10. The monoisotopic (exact) mass is 238 g/mol. The molecule has 1 aromatic carbocycles. The van der Waals surface area contributed by atoms with Crippen LogP contribution in [0.25, 0.3) is 0 Å². The van der Waals surface area contributed by atoms with E-state index in [4.69, 9.17) is 11.0 Å². The van der Waals surface area contributed by atoms with Gasteiger partial charge >= 0.3 is 0 Å². The van der Waals surface area contributed by atoms with E-state index in [1.54, 1.807) is 0 Å². The van der Waals surface area contributed by atoms with Gasteiger partial charge in [0, 0.05) is 5.92 Å².